The smallest absolute Gasteiger partial charge is 0.243 e. The molecule has 0 aliphatic carbocycles. The van der Waals surface area contributed by atoms with Gasteiger partial charge in [0.25, 0.3) is 0 Å². The Balaban J connectivity index is 2.13. The van der Waals surface area contributed by atoms with Crippen LogP contribution in [0.4, 0.5) is 4.39 Å². The summed E-state index contributed by atoms with van der Waals surface area (Å²) in [5.41, 5.74) is 0. The molecule has 0 saturated carbocycles. The number of sulfonamides is 1. The molecular formula is C14H21FN2O2S. The Morgan fingerprint density at radius 3 is 2.95 bits per heavy atom. The van der Waals surface area contributed by atoms with Crippen LogP contribution in [0.3, 0.4) is 0 Å². The van der Waals surface area contributed by atoms with Crippen LogP contribution in [0.1, 0.15) is 26.2 Å². The van der Waals surface area contributed by atoms with Gasteiger partial charge in [-0.2, -0.15) is 4.31 Å². The van der Waals surface area contributed by atoms with Crippen molar-refractivity contribution in [3.8, 4) is 0 Å². The Morgan fingerprint density at radius 2 is 2.25 bits per heavy atom. The number of benzene rings is 1. The van der Waals surface area contributed by atoms with Crippen LogP contribution >= 0.6 is 0 Å². The monoisotopic (exact) mass is 300 g/mol. The second-order valence-electron chi connectivity index (χ2n) is 5.11. The molecule has 112 valence electrons. The van der Waals surface area contributed by atoms with E-state index in [4.69, 9.17) is 0 Å². The van der Waals surface area contributed by atoms with Gasteiger partial charge >= 0.3 is 0 Å². The van der Waals surface area contributed by atoms with Gasteiger partial charge in [-0.1, -0.05) is 13.0 Å². The SMILES string of the molecule is CCCNC1CCCN(S(=O)(=O)c2cccc(F)c2)C1. The van der Waals surface area contributed by atoms with Gasteiger partial charge in [0.05, 0.1) is 4.90 Å². The van der Waals surface area contributed by atoms with Gasteiger partial charge in [-0.15, -0.1) is 0 Å². The van der Waals surface area contributed by atoms with Gasteiger partial charge in [0.2, 0.25) is 10.0 Å². The minimum atomic E-state index is -3.59. The Morgan fingerprint density at radius 1 is 1.45 bits per heavy atom. The van der Waals surface area contributed by atoms with Crippen molar-refractivity contribution in [3.05, 3.63) is 30.1 Å². The zero-order chi connectivity index (χ0) is 14.6. The van der Waals surface area contributed by atoms with E-state index in [1.807, 2.05) is 0 Å². The maximum atomic E-state index is 13.2. The molecule has 1 aliphatic heterocycles. The van der Waals surface area contributed by atoms with Crippen LogP contribution in [-0.2, 0) is 10.0 Å². The van der Waals surface area contributed by atoms with E-state index in [2.05, 4.69) is 12.2 Å². The molecule has 1 aromatic rings. The molecule has 0 amide bonds. The molecule has 1 fully saturated rings. The molecule has 2 rings (SSSR count). The van der Waals surface area contributed by atoms with E-state index >= 15 is 0 Å². The number of piperidine rings is 1. The average molecular weight is 300 g/mol. The molecule has 0 radical (unpaired) electrons. The fourth-order valence-electron chi connectivity index (χ4n) is 2.45. The van der Waals surface area contributed by atoms with Crippen LogP contribution in [-0.4, -0.2) is 38.4 Å². The lowest BCUT2D eigenvalue weighted by Crippen LogP contribution is -2.48. The summed E-state index contributed by atoms with van der Waals surface area (Å²) in [7, 11) is -3.59. The second-order valence-corrected chi connectivity index (χ2v) is 7.05. The maximum absolute atomic E-state index is 13.2. The first kappa shape index (κ1) is 15.4. The van der Waals surface area contributed by atoms with Gasteiger partial charge < -0.3 is 5.32 Å². The Hall–Kier alpha value is -0.980. The predicted molar refractivity (Wildman–Crippen MR) is 76.5 cm³/mol. The summed E-state index contributed by atoms with van der Waals surface area (Å²) >= 11 is 0. The minimum Gasteiger partial charge on any atom is -0.313 e. The van der Waals surface area contributed by atoms with Crippen molar-refractivity contribution in [3.63, 3.8) is 0 Å². The fourth-order valence-corrected chi connectivity index (χ4v) is 4.01. The van der Waals surface area contributed by atoms with Gasteiger partial charge in [0, 0.05) is 19.1 Å². The summed E-state index contributed by atoms with van der Waals surface area (Å²) in [4.78, 5) is 0.0358. The zero-order valence-electron chi connectivity index (χ0n) is 11.7. The van der Waals surface area contributed by atoms with Gasteiger partial charge in [0.1, 0.15) is 5.82 Å². The summed E-state index contributed by atoms with van der Waals surface area (Å²) in [5.74, 6) is -0.524. The van der Waals surface area contributed by atoms with E-state index in [0.29, 0.717) is 13.1 Å². The van der Waals surface area contributed by atoms with E-state index in [-0.39, 0.29) is 10.9 Å². The van der Waals surface area contributed by atoms with Crippen LogP contribution in [0.2, 0.25) is 0 Å². The van der Waals surface area contributed by atoms with Crippen LogP contribution in [0.5, 0.6) is 0 Å². The molecule has 6 heteroatoms. The first-order valence-corrected chi connectivity index (χ1v) is 8.47. The van der Waals surface area contributed by atoms with E-state index in [0.717, 1.165) is 31.9 Å². The first-order valence-electron chi connectivity index (χ1n) is 7.03. The molecule has 1 aromatic carbocycles. The molecule has 1 atom stereocenters. The van der Waals surface area contributed by atoms with Gasteiger partial charge in [-0.3, -0.25) is 0 Å². The van der Waals surface area contributed by atoms with Gasteiger partial charge in [-0.25, -0.2) is 12.8 Å². The highest BCUT2D eigenvalue weighted by molar-refractivity contribution is 7.89. The molecule has 1 N–H and O–H groups in total. The summed E-state index contributed by atoms with van der Waals surface area (Å²) in [6.07, 6.45) is 2.83. The van der Waals surface area contributed by atoms with Crippen LogP contribution in [0.25, 0.3) is 0 Å². The summed E-state index contributed by atoms with van der Waals surface area (Å²) in [5, 5.41) is 3.36. The molecule has 1 unspecified atom stereocenters. The highest BCUT2D eigenvalue weighted by atomic mass is 32.2. The molecule has 1 heterocycles. The summed E-state index contributed by atoms with van der Waals surface area (Å²) in [6.45, 7) is 3.93. The third-order valence-electron chi connectivity index (χ3n) is 3.50. The highest BCUT2D eigenvalue weighted by Gasteiger charge is 2.30. The largest absolute Gasteiger partial charge is 0.313 e. The number of hydrogen-bond donors (Lipinski definition) is 1. The van der Waals surface area contributed by atoms with E-state index in [1.54, 1.807) is 0 Å². The topological polar surface area (TPSA) is 49.4 Å². The molecule has 1 saturated heterocycles. The van der Waals surface area contributed by atoms with E-state index in [9.17, 15) is 12.8 Å². The lowest BCUT2D eigenvalue weighted by atomic mass is 10.1. The van der Waals surface area contributed by atoms with Crippen LogP contribution in [0.15, 0.2) is 29.2 Å². The molecule has 1 aliphatic rings. The maximum Gasteiger partial charge on any atom is 0.243 e. The molecule has 20 heavy (non-hydrogen) atoms. The van der Waals surface area contributed by atoms with Crippen molar-refractivity contribution in [2.24, 2.45) is 0 Å². The van der Waals surface area contributed by atoms with Crippen molar-refractivity contribution in [1.82, 2.24) is 9.62 Å². The molecule has 4 nitrogen and oxygen atoms in total. The highest BCUT2D eigenvalue weighted by Crippen LogP contribution is 2.21. The quantitative estimate of drug-likeness (QED) is 0.904. The third kappa shape index (κ3) is 3.56. The van der Waals surface area contributed by atoms with E-state index in [1.165, 1.54) is 22.5 Å². The fraction of sp³-hybridized carbons (Fsp3) is 0.571. The lowest BCUT2D eigenvalue weighted by molar-refractivity contribution is 0.284. The zero-order valence-corrected chi connectivity index (χ0v) is 12.5. The van der Waals surface area contributed by atoms with Gasteiger partial charge in [0.15, 0.2) is 0 Å². The second kappa shape index (κ2) is 6.65. The minimum absolute atomic E-state index is 0.0358. The van der Waals surface area contributed by atoms with Crippen molar-refractivity contribution in [2.45, 2.75) is 37.1 Å². The molecule has 0 aromatic heterocycles. The Kier molecular flexibility index (Phi) is 5.12. The van der Waals surface area contributed by atoms with E-state index < -0.39 is 15.8 Å². The number of rotatable bonds is 5. The molecular weight excluding hydrogens is 279 g/mol. The van der Waals surface area contributed by atoms with Crippen molar-refractivity contribution >= 4 is 10.0 Å². The summed E-state index contributed by atoms with van der Waals surface area (Å²) in [6, 6.07) is 5.40. The standard InChI is InChI=1S/C14H21FN2O2S/c1-2-8-16-13-6-4-9-17(11-13)20(18,19)14-7-3-5-12(15)10-14/h3,5,7,10,13,16H,2,4,6,8-9,11H2,1H3. The first-order chi connectivity index (χ1) is 9.54. The van der Waals surface area contributed by atoms with Crippen molar-refractivity contribution in [1.29, 1.82) is 0 Å². The third-order valence-corrected chi connectivity index (χ3v) is 5.36. The number of nitrogens with one attached hydrogen (secondary N) is 1. The number of halogens is 1. The van der Waals surface area contributed by atoms with Crippen molar-refractivity contribution < 1.29 is 12.8 Å². The average Bonchev–Trinajstić information content (AvgIpc) is 2.45. The molecule has 0 bridgehead atoms. The number of nitrogens with zero attached hydrogens (tertiary/aromatic N) is 1. The Labute approximate surface area is 120 Å². The van der Waals surface area contributed by atoms with Crippen molar-refractivity contribution in [2.75, 3.05) is 19.6 Å². The summed E-state index contributed by atoms with van der Waals surface area (Å²) < 4.78 is 39.7. The number of hydrogen-bond acceptors (Lipinski definition) is 3. The molecule has 0 spiro atoms. The van der Waals surface area contributed by atoms with Gasteiger partial charge in [-0.05, 0) is 44.0 Å². The normalized spacial score (nSPS) is 21.0. The lowest BCUT2D eigenvalue weighted by Gasteiger charge is -2.32. The Bertz CT molecular complexity index is 548. The predicted octanol–water partition coefficient (Wildman–Crippen LogP) is 1.98. The van der Waals surface area contributed by atoms with Crippen LogP contribution < -0.4 is 5.32 Å². The van der Waals surface area contributed by atoms with Crippen LogP contribution in [0, 0.1) is 5.82 Å².